The highest BCUT2D eigenvalue weighted by Crippen LogP contribution is 2.40. The average Bonchev–Trinajstić information content (AvgIpc) is 2.86. The third-order valence-corrected chi connectivity index (χ3v) is 5.40. The molecule has 1 fully saturated rings. The van der Waals surface area contributed by atoms with Crippen LogP contribution in [0.15, 0.2) is 11.4 Å². The van der Waals surface area contributed by atoms with Crippen molar-refractivity contribution in [1.29, 1.82) is 0 Å². The van der Waals surface area contributed by atoms with Crippen molar-refractivity contribution >= 4 is 17.4 Å². The Morgan fingerprint density at radius 1 is 1.50 bits per heavy atom. The van der Waals surface area contributed by atoms with Gasteiger partial charge in [0.1, 0.15) is 5.60 Å². The van der Waals surface area contributed by atoms with Crippen LogP contribution in [-0.2, 0) is 16.7 Å². The molecule has 2 aliphatic heterocycles. The van der Waals surface area contributed by atoms with E-state index in [0.29, 0.717) is 12.5 Å². The molecule has 22 heavy (non-hydrogen) atoms. The van der Waals surface area contributed by atoms with Crippen molar-refractivity contribution in [3.05, 3.63) is 21.9 Å². The molecule has 2 atom stereocenters. The first-order chi connectivity index (χ1) is 10.3. The number of piperidine rings is 1. The van der Waals surface area contributed by atoms with Crippen LogP contribution in [-0.4, -0.2) is 36.2 Å². The van der Waals surface area contributed by atoms with E-state index >= 15 is 0 Å². The van der Waals surface area contributed by atoms with E-state index in [2.05, 4.69) is 23.7 Å². The molecule has 1 spiro atoms. The Labute approximate surface area is 136 Å². The van der Waals surface area contributed by atoms with Gasteiger partial charge in [-0.1, -0.05) is 6.92 Å². The Morgan fingerprint density at radius 3 is 3.00 bits per heavy atom. The Bertz CT molecular complexity index is 563. The van der Waals surface area contributed by atoms with Crippen LogP contribution < -0.4 is 5.32 Å². The number of nitrogens with zero attached hydrogens (tertiary/aromatic N) is 1. The fourth-order valence-corrected chi connectivity index (χ4v) is 4.73. The maximum absolute atomic E-state index is 12.5. The molecule has 1 amide bonds. The van der Waals surface area contributed by atoms with Crippen molar-refractivity contribution in [2.24, 2.45) is 5.92 Å². The van der Waals surface area contributed by atoms with Crippen molar-refractivity contribution in [2.45, 2.75) is 51.7 Å². The number of carbonyl (C=O) groups is 1. The van der Waals surface area contributed by atoms with E-state index in [9.17, 15) is 4.79 Å². The fourth-order valence-electron chi connectivity index (χ4n) is 3.75. The van der Waals surface area contributed by atoms with Crippen LogP contribution in [0.1, 0.15) is 44.6 Å². The zero-order valence-electron chi connectivity index (χ0n) is 13.9. The van der Waals surface area contributed by atoms with Crippen LogP contribution in [0.3, 0.4) is 0 Å². The zero-order valence-corrected chi connectivity index (χ0v) is 14.8. The lowest BCUT2D eigenvalue weighted by atomic mass is 9.76. The number of thiophene rings is 1. The molecule has 0 saturated carbocycles. The number of hydrogen-bond acceptors (Lipinski definition) is 4. The first-order valence-corrected chi connectivity index (χ1v) is 8.97. The van der Waals surface area contributed by atoms with E-state index < -0.39 is 5.60 Å². The topological polar surface area (TPSA) is 41.6 Å². The Hall–Kier alpha value is -1.07. The van der Waals surface area contributed by atoms with E-state index in [4.69, 9.17) is 4.74 Å². The second kappa shape index (κ2) is 5.53. The molecule has 0 aliphatic carbocycles. The van der Waals surface area contributed by atoms with Gasteiger partial charge in [0.15, 0.2) is 0 Å². The van der Waals surface area contributed by atoms with Crippen molar-refractivity contribution in [1.82, 2.24) is 10.2 Å². The molecular weight excluding hydrogens is 296 g/mol. The molecular formula is C17H26N2O2S. The van der Waals surface area contributed by atoms with Crippen LogP contribution in [0.25, 0.3) is 0 Å². The molecule has 2 aliphatic rings. The zero-order chi connectivity index (χ0) is 16.0. The maximum Gasteiger partial charge on any atom is 0.410 e. The summed E-state index contributed by atoms with van der Waals surface area (Å²) in [5, 5.41) is 5.89. The Balaban J connectivity index is 1.85. The van der Waals surface area contributed by atoms with Crippen molar-refractivity contribution < 1.29 is 9.53 Å². The molecule has 1 aromatic heterocycles. The monoisotopic (exact) mass is 322 g/mol. The average molecular weight is 322 g/mol. The van der Waals surface area contributed by atoms with E-state index in [1.165, 1.54) is 10.4 Å². The molecule has 0 bridgehead atoms. The van der Waals surface area contributed by atoms with Gasteiger partial charge in [0.2, 0.25) is 0 Å². The molecule has 3 heterocycles. The predicted molar refractivity (Wildman–Crippen MR) is 89.3 cm³/mol. The number of fused-ring (bicyclic) bond motifs is 2. The quantitative estimate of drug-likeness (QED) is 0.796. The maximum atomic E-state index is 12.5. The van der Waals surface area contributed by atoms with Crippen LogP contribution in [0.5, 0.6) is 0 Å². The van der Waals surface area contributed by atoms with Crippen LogP contribution in [0, 0.1) is 5.92 Å². The molecule has 1 N–H and O–H groups in total. The summed E-state index contributed by atoms with van der Waals surface area (Å²) >= 11 is 1.84. The smallest absolute Gasteiger partial charge is 0.410 e. The lowest BCUT2D eigenvalue weighted by Crippen LogP contribution is -2.60. The highest BCUT2D eigenvalue weighted by Gasteiger charge is 2.44. The van der Waals surface area contributed by atoms with Crippen molar-refractivity contribution in [3.8, 4) is 0 Å². The first kappa shape index (κ1) is 15.8. The Kier molecular flexibility index (Phi) is 3.98. The van der Waals surface area contributed by atoms with Gasteiger partial charge in [0.05, 0.1) is 5.54 Å². The van der Waals surface area contributed by atoms with E-state index in [0.717, 1.165) is 25.9 Å². The third kappa shape index (κ3) is 3.01. The number of carbonyl (C=O) groups excluding carboxylic acids is 1. The molecule has 4 nitrogen and oxygen atoms in total. The Morgan fingerprint density at radius 2 is 2.27 bits per heavy atom. The van der Waals surface area contributed by atoms with E-state index in [-0.39, 0.29) is 11.6 Å². The number of rotatable bonds is 0. The predicted octanol–water partition coefficient (Wildman–Crippen LogP) is 3.37. The van der Waals surface area contributed by atoms with Crippen LogP contribution in [0.4, 0.5) is 4.79 Å². The van der Waals surface area contributed by atoms with Crippen molar-refractivity contribution in [2.75, 3.05) is 19.6 Å². The van der Waals surface area contributed by atoms with Gasteiger partial charge in [-0.3, -0.25) is 0 Å². The molecule has 1 saturated heterocycles. The second-order valence-corrected chi connectivity index (χ2v) is 8.69. The number of ether oxygens (including phenoxy) is 1. The summed E-state index contributed by atoms with van der Waals surface area (Å²) in [6, 6.07) is 2.23. The lowest BCUT2D eigenvalue weighted by molar-refractivity contribution is 0.00177. The minimum absolute atomic E-state index is 0.0951. The summed E-state index contributed by atoms with van der Waals surface area (Å²) in [5.74, 6) is 0.458. The second-order valence-electron chi connectivity index (χ2n) is 7.69. The summed E-state index contributed by atoms with van der Waals surface area (Å²) in [6.45, 7) is 10.5. The molecule has 5 heteroatoms. The van der Waals surface area contributed by atoms with E-state index in [1.807, 2.05) is 37.0 Å². The number of nitrogens with one attached hydrogen (secondary N) is 1. The SMILES string of the molecule is CC1CN(C(=O)OC(C)(C)C)CC2(C1)NCCc1sccc12. The van der Waals surface area contributed by atoms with Crippen molar-refractivity contribution in [3.63, 3.8) is 0 Å². The fraction of sp³-hybridized carbons (Fsp3) is 0.706. The minimum Gasteiger partial charge on any atom is -0.444 e. The highest BCUT2D eigenvalue weighted by molar-refractivity contribution is 7.10. The van der Waals surface area contributed by atoms with Gasteiger partial charge in [0.25, 0.3) is 0 Å². The summed E-state index contributed by atoms with van der Waals surface area (Å²) in [6.07, 6.45) is 1.98. The summed E-state index contributed by atoms with van der Waals surface area (Å²) < 4.78 is 5.59. The van der Waals surface area contributed by atoms with Gasteiger partial charge >= 0.3 is 6.09 Å². The molecule has 0 radical (unpaired) electrons. The van der Waals surface area contributed by atoms with Gasteiger partial charge in [-0.2, -0.15) is 0 Å². The normalized spacial score (nSPS) is 28.5. The molecule has 1 aromatic rings. The highest BCUT2D eigenvalue weighted by atomic mass is 32.1. The number of likely N-dealkylation sites (tertiary alicyclic amines) is 1. The lowest BCUT2D eigenvalue weighted by Gasteiger charge is -2.48. The van der Waals surface area contributed by atoms with Gasteiger partial charge in [0, 0.05) is 24.5 Å². The summed E-state index contributed by atoms with van der Waals surface area (Å²) in [4.78, 5) is 15.9. The van der Waals surface area contributed by atoms with Gasteiger partial charge in [-0.05, 0) is 56.5 Å². The third-order valence-electron chi connectivity index (χ3n) is 4.42. The van der Waals surface area contributed by atoms with Crippen LogP contribution in [0.2, 0.25) is 0 Å². The largest absolute Gasteiger partial charge is 0.444 e. The summed E-state index contributed by atoms with van der Waals surface area (Å²) in [5.41, 5.74) is 0.851. The molecule has 2 unspecified atom stereocenters. The standard InChI is InChI=1S/C17H26N2O2S/c1-12-9-17(13-6-8-22-14(13)5-7-18-17)11-19(10-12)15(20)21-16(2,3)4/h6,8,12,18H,5,7,9-11H2,1-4H3. The first-order valence-electron chi connectivity index (χ1n) is 8.09. The molecule has 3 rings (SSSR count). The summed E-state index contributed by atoms with van der Waals surface area (Å²) in [7, 11) is 0. The molecule has 0 aromatic carbocycles. The van der Waals surface area contributed by atoms with Gasteiger partial charge in [-0.25, -0.2) is 4.79 Å². The van der Waals surface area contributed by atoms with Crippen LogP contribution >= 0.6 is 11.3 Å². The number of hydrogen-bond donors (Lipinski definition) is 1. The molecule has 122 valence electrons. The minimum atomic E-state index is -0.446. The van der Waals surface area contributed by atoms with Gasteiger partial charge < -0.3 is 15.0 Å². The number of amides is 1. The van der Waals surface area contributed by atoms with E-state index in [1.54, 1.807) is 0 Å². The van der Waals surface area contributed by atoms with Gasteiger partial charge in [-0.15, -0.1) is 11.3 Å².